The van der Waals surface area contributed by atoms with Crippen molar-refractivity contribution in [3.05, 3.63) is 27.2 Å². The predicted molar refractivity (Wildman–Crippen MR) is 79.2 cm³/mol. The molecule has 2 aromatic rings. The minimum absolute atomic E-state index is 0.0245. The van der Waals surface area contributed by atoms with Crippen molar-refractivity contribution >= 4 is 49.0 Å². The first kappa shape index (κ1) is 14.7. The Morgan fingerprint density at radius 1 is 1.53 bits per heavy atom. The van der Waals surface area contributed by atoms with Gasteiger partial charge in [-0.1, -0.05) is 0 Å². The SMILES string of the molecule is CC(CS(C)(=O)=O)n1c(=S)[nH]c2cc(F)c(Br)cc21. The van der Waals surface area contributed by atoms with Gasteiger partial charge in [0.05, 0.1) is 21.3 Å². The second kappa shape index (κ2) is 4.99. The van der Waals surface area contributed by atoms with Crippen molar-refractivity contribution in [2.45, 2.75) is 13.0 Å². The average Bonchev–Trinajstić information content (AvgIpc) is 2.52. The maximum atomic E-state index is 13.5. The van der Waals surface area contributed by atoms with E-state index in [4.69, 9.17) is 12.2 Å². The van der Waals surface area contributed by atoms with E-state index < -0.39 is 15.7 Å². The largest absolute Gasteiger partial charge is 0.330 e. The van der Waals surface area contributed by atoms with Gasteiger partial charge in [0, 0.05) is 18.4 Å². The molecule has 0 aliphatic carbocycles. The van der Waals surface area contributed by atoms with Crippen molar-refractivity contribution in [3.8, 4) is 0 Å². The Hall–Kier alpha value is -0.730. The number of fused-ring (bicyclic) bond motifs is 1. The molecule has 1 aromatic carbocycles. The van der Waals surface area contributed by atoms with E-state index >= 15 is 0 Å². The molecule has 0 spiro atoms. The molecule has 0 amide bonds. The van der Waals surface area contributed by atoms with Crippen LogP contribution in [0.15, 0.2) is 16.6 Å². The van der Waals surface area contributed by atoms with Crippen molar-refractivity contribution in [1.29, 1.82) is 0 Å². The molecule has 1 aromatic heterocycles. The molecule has 2 rings (SSSR count). The van der Waals surface area contributed by atoms with Gasteiger partial charge in [0.15, 0.2) is 4.77 Å². The van der Waals surface area contributed by atoms with Crippen LogP contribution in [0.2, 0.25) is 0 Å². The zero-order valence-electron chi connectivity index (χ0n) is 10.3. The van der Waals surface area contributed by atoms with E-state index in [1.54, 1.807) is 17.6 Å². The molecule has 0 bridgehead atoms. The summed E-state index contributed by atoms with van der Waals surface area (Å²) in [5.74, 6) is -0.421. The Bertz CT molecular complexity index is 795. The zero-order chi connectivity index (χ0) is 14.4. The van der Waals surface area contributed by atoms with E-state index in [9.17, 15) is 12.8 Å². The highest BCUT2D eigenvalue weighted by Crippen LogP contribution is 2.26. The molecule has 0 saturated heterocycles. The lowest BCUT2D eigenvalue weighted by molar-refractivity contribution is 0.565. The first-order valence-corrected chi connectivity index (χ1v) is 8.72. The molecule has 0 saturated carbocycles. The van der Waals surface area contributed by atoms with Gasteiger partial charge in [-0.3, -0.25) is 0 Å². The Balaban J connectivity index is 2.63. The number of aromatic nitrogens is 2. The maximum absolute atomic E-state index is 13.5. The third-order valence-corrected chi connectivity index (χ3v) is 4.74. The number of halogens is 2. The summed E-state index contributed by atoms with van der Waals surface area (Å²) >= 11 is 8.30. The summed E-state index contributed by atoms with van der Waals surface area (Å²) in [6, 6.07) is 2.60. The molecule has 0 fully saturated rings. The quantitative estimate of drug-likeness (QED) is 0.848. The minimum Gasteiger partial charge on any atom is -0.330 e. The molecule has 1 unspecified atom stereocenters. The molecule has 1 N–H and O–H groups in total. The molecule has 1 atom stereocenters. The third-order valence-electron chi connectivity index (χ3n) is 2.74. The van der Waals surface area contributed by atoms with E-state index in [0.29, 0.717) is 20.3 Å². The van der Waals surface area contributed by atoms with Gasteiger partial charge in [0.25, 0.3) is 0 Å². The molecule has 1 heterocycles. The van der Waals surface area contributed by atoms with Gasteiger partial charge in [-0.05, 0) is 41.1 Å². The molecule has 8 heteroatoms. The second-order valence-corrected chi connectivity index (χ2v) is 7.95. The Kier molecular flexibility index (Phi) is 3.85. The van der Waals surface area contributed by atoms with Crippen LogP contribution in [0.5, 0.6) is 0 Å². The smallest absolute Gasteiger partial charge is 0.178 e. The Labute approximate surface area is 123 Å². The minimum atomic E-state index is -3.12. The number of nitrogens with zero attached hydrogens (tertiary/aromatic N) is 1. The lowest BCUT2D eigenvalue weighted by Gasteiger charge is -2.13. The van der Waals surface area contributed by atoms with Crippen LogP contribution in [0, 0.1) is 10.6 Å². The molecule has 19 heavy (non-hydrogen) atoms. The lowest BCUT2D eigenvalue weighted by Crippen LogP contribution is -2.16. The van der Waals surface area contributed by atoms with Crippen molar-refractivity contribution in [3.63, 3.8) is 0 Å². The van der Waals surface area contributed by atoms with Crippen LogP contribution in [0.3, 0.4) is 0 Å². The van der Waals surface area contributed by atoms with E-state index in [2.05, 4.69) is 20.9 Å². The number of imidazole rings is 1. The van der Waals surface area contributed by atoms with Gasteiger partial charge in [-0.25, -0.2) is 12.8 Å². The van der Waals surface area contributed by atoms with Gasteiger partial charge in [0.2, 0.25) is 0 Å². The standard InChI is InChI=1S/C11H12BrFN2O2S2/c1-6(5-19(2,16)17)15-10-3-7(12)8(13)4-9(10)14-11(15)18/h3-4,6H,5H2,1-2H3,(H,14,18). The van der Waals surface area contributed by atoms with Crippen LogP contribution in [-0.2, 0) is 9.84 Å². The van der Waals surface area contributed by atoms with Crippen LogP contribution in [-0.4, -0.2) is 30.0 Å². The summed E-state index contributed by atoms with van der Waals surface area (Å²) < 4.78 is 38.6. The van der Waals surface area contributed by atoms with Gasteiger partial charge in [-0.2, -0.15) is 0 Å². The third kappa shape index (κ3) is 3.06. The fraction of sp³-hybridized carbons (Fsp3) is 0.364. The first-order chi connectivity index (χ1) is 8.69. The molecule has 0 aliphatic heterocycles. The van der Waals surface area contributed by atoms with E-state index in [0.717, 1.165) is 0 Å². The number of nitrogens with one attached hydrogen (secondary N) is 1. The van der Waals surface area contributed by atoms with Crippen LogP contribution >= 0.6 is 28.1 Å². The number of hydrogen-bond acceptors (Lipinski definition) is 3. The predicted octanol–water partition coefficient (Wildman–Crippen LogP) is 3.21. The van der Waals surface area contributed by atoms with Crippen LogP contribution < -0.4 is 0 Å². The topological polar surface area (TPSA) is 54.9 Å². The van der Waals surface area contributed by atoms with Crippen molar-refractivity contribution in [2.24, 2.45) is 0 Å². The monoisotopic (exact) mass is 366 g/mol. The number of hydrogen-bond donors (Lipinski definition) is 1. The number of aromatic amines is 1. The van der Waals surface area contributed by atoms with Gasteiger partial charge < -0.3 is 9.55 Å². The molecular formula is C11H12BrFN2O2S2. The normalized spacial score (nSPS) is 13.9. The number of benzene rings is 1. The summed E-state index contributed by atoms with van der Waals surface area (Å²) in [6.45, 7) is 1.77. The number of sulfone groups is 1. The average molecular weight is 367 g/mol. The fourth-order valence-corrected chi connectivity index (χ4v) is 3.82. The summed E-state index contributed by atoms with van der Waals surface area (Å²) in [4.78, 5) is 2.88. The van der Waals surface area contributed by atoms with Crippen LogP contribution in [0.4, 0.5) is 4.39 Å². The molecule has 104 valence electrons. The van der Waals surface area contributed by atoms with E-state index in [1.165, 1.54) is 12.3 Å². The van der Waals surface area contributed by atoms with Crippen LogP contribution in [0.25, 0.3) is 11.0 Å². The second-order valence-electron chi connectivity index (χ2n) is 4.53. The summed E-state index contributed by atoms with van der Waals surface area (Å²) in [5, 5.41) is 0. The molecular weight excluding hydrogens is 355 g/mol. The highest BCUT2D eigenvalue weighted by atomic mass is 79.9. The summed E-state index contributed by atoms with van der Waals surface area (Å²) in [5.41, 5.74) is 1.22. The fourth-order valence-electron chi connectivity index (χ4n) is 2.07. The van der Waals surface area contributed by atoms with E-state index in [-0.39, 0.29) is 11.8 Å². The Morgan fingerprint density at radius 2 is 2.16 bits per heavy atom. The number of H-pyrrole nitrogens is 1. The number of rotatable bonds is 3. The highest BCUT2D eigenvalue weighted by molar-refractivity contribution is 9.10. The van der Waals surface area contributed by atoms with Crippen molar-refractivity contribution < 1.29 is 12.8 Å². The molecule has 0 aliphatic rings. The first-order valence-electron chi connectivity index (χ1n) is 5.46. The van der Waals surface area contributed by atoms with Crippen LogP contribution in [0.1, 0.15) is 13.0 Å². The Morgan fingerprint density at radius 3 is 2.74 bits per heavy atom. The summed E-state index contributed by atoms with van der Waals surface area (Å²) in [7, 11) is -3.12. The van der Waals surface area contributed by atoms with E-state index in [1.807, 2.05) is 0 Å². The maximum Gasteiger partial charge on any atom is 0.178 e. The van der Waals surface area contributed by atoms with Gasteiger partial charge >= 0.3 is 0 Å². The van der Waals surface area contributed by atoms with Gasteiger partial charge in [-0.15, -0.1) is 0 Å². The zero-order valence-corrected chi connectivity index (χ0v) is 13.5. The van der Waals surface area contributed by atoms with Crippen molar-refractivity contribution in [2.75, 3.05) is 12.0 Å². The lowest BCUT2D eigenvalue weighted by atomic mass is 10.3. The van der Waals surface area contributed by atoms with Crippen molar-refractivity contribution in [1.82, 2.24) is 9.55 Å². The highest BCUT2D eigenvalue weighted by Gasteiger charge is 2.17. The molecule has 0 radical (unpaired) electrons. The van der Waals surface area contributed by atoms with Gasteiger partial charge in [0.1, 0.15) is 15.7 Å². The summed E-state index contributed by atoms with van der Waals surface area (Å²) in [6.07, 6.45) is 1.18. The molecule has 4 nitrogen and oxygen atoms in total.